The molecule has 1 saturated carbocycles. The molecule has 1 aliphatic carbocycles. The number of nitrogens with zero attached hydrogens (tertiary/aromatic N) is 3. The van der Waals surface area contributed by atoms with Gasteiger partial charge in [-0.05, 0) is 50.9 Å². The third-order valence-electron chi connectivity index (χ3n) is 5.98. The molecule has 1 aliphatic heterocycles. The third-order valence-corrected chi connectivity index (χ3v) is 5.98. The first-order chi connectivity index (χ1) is 14.2. The SMILES string of the molecule is O=C(CN1CCC(C(=O)Nc2ccccc2)CC1)Nc1ccnn1C1CCCC1. The van der Waals surface area contributed by atoms with E-state index in [2.05, 4.69) is 20.6 Å². The summed E-state index contributed by atoms with van der Waals surface area (Å²) in [5.41, 5.74) is 0.832. The van der Waals surface area contributed by atoms with Gasteiger partial charge in [0.2, 0.25) is 11.8 Å². The van der Waals surface area contributed by atoms with Crippen LogP contribution in [0.25, 0.3) is 0 Å². The minimum absolute atomic E-state index is 0.00156. The van der Waals surface area contributed by atoms with Crippen molar-refractivity contribution in [3.05, 3.63) is 42.6 Å². The average Bonchev–Trinajstić information content (AvgIpc) is 3.41. The zero-order chi connectivity index (χ0) is 20.1. The Balaban J connectivity index is 1.23. The molecule has 0 radical (unpaired) electrons. The predicted molar refractivity (Wildman–Crippen MR) is 113 cm³/mol. The fourth-order valence-corrected chi connectivity index (χ4v) is 4.36. The van der Waals surface area contributed by atoms with Crippen LogP contribution in [0.1, 0.15) is 44.6 Å². The highest BCUT2D eigenvalue weighted by Crippen LogP contribution is 2.31. The quantitative estimate of drug-likeness (QED) is 0.787. The van der Waals surface area contributed by atoms with E-state index in [1.165, 1.54) is 12.8 Å². The van der Waals surface area contributed by atoms with E-state index in [1.54, 1.807) is 6.20 Å². The van der Waals surface area contributed by atoms with Crippen molar-refractivity contribution in [2.24, 2.45) is 5.92 Å². The molecule has 154 valence electrons. The first-order valence-corrected chi connectivity index (χ1v) is 10.6. The van der Waals surface area contributed by atoms with Crippen LogP contribution >= 0.6 is 0 Å². The number of piperidine rings is 1. The van der Waals surface area contributed by atoms with Crippen LogP contribution in [0, 0.1) is 5.92 Å². The second-order valence-electron chi connectivity index (χ2n) is 8.05. The molecule has 0 unspecified atom stereocenters. The summed E-state index contributed by atoms with van der Waals surface area (Å²) in [5, 5.41) is 10.4. The first kappa shape index (κ1) is 19.6. The third kappa shape index (κ3) is 5.03. The summed E-state index contributed by atoms with van der Waals surface area (Å²) in [5.74, 6) is 0.843. The molecule has 1 aromatic heterocycles. The first-order valence-electron chi connectivity index (χ1n) is 10.6. The monoisotopic (exact) mass is 395 g/mol. The Hall–Kier alpha value is -2.67. The molecule has 0 spiro atoms. The van der Waals surface area contributed by atoms with Gasteiger partial charge in [-0.2, -0.15) is 5.10 Å². The molecule has 0 bridgehead atoms. The maximum Gasteiger partial charge on any atom is 0.239 e. The van der Waals surface area contributed by atoms with Gasteiger partial charge in [-0.25, -0.2) is 4.68 Å². The molecule has 1 aromatic carbocycles. The van der Waals surface area contributed by atoms with Gasteiger partial charge in [0.25, 0.3) is 0 Å². The molecular formula is C22H29N5O2. The second kappa shape index (κ2) is 9.22. The van der Waals surface area contributed by atoms with Gasteiger partial charge in [-0.15, -0.1) is 0 Å². The van der Waals surface area contributed by atoms with E-state index in [-0.39, 0.29) is 17.7 Å². The number of amides is 2. The standard InChI is InChI=1S/C22H29N5O2/c28-21(25-20-10-13-23-27(20)19-8-4-5-9-19)16-26-14-11-17(12-15-26)22(29)24-18-6-2-1-3-7-18/h1-3,6-7,10,13,17,19H,4-5,8-9,11-12,14-16H2,(H,24,29)(H,25,28). The van der Waals surface area contributed by atoms with E-state index in [4.69, 9.17) is 0 Å². The van der Waals surface area contributed by atoms with Gasteiger partial charge in [0.05, 0.1) is 18.8 Å². The van der Waals surface area contributed by atoms with Crippen molar-refractivity contribution in [2.75, 3.05) is 30.3 Å². The van der Waals surface area contributed by atoms with Crippen LogP contribution in [-0.4, -0.2) is 46.1 Å². The average molecular weight is 396 g/mol. The Morgan fingerprint density at radius 2 is 1.69 bits per heavy atom. The minimum Gasteiger partial charge on any atom is -0.326 e. The Bertz CT molecular complexity index is 821. The van der Waals surface area contributed by atoms with Gasteiger partial charge in [-0.3, -0.25) is 14.5 Å². The molecule has 2 aliphatic rings. The van der Waals surface area contributed by atoms with Gasteiger partial charge < -0.3 is 10.6 Å². The van der Waals surface area contributed by atoms with E-state index in [9.17, 15) is 9.59 Å². The summed E-state index contributed by atoms with van der Waals surface area (Å²) in [7, 11) is 0. The van der Waals surface area contributed by atoms with E-state index < -0.39 is 0 Å². The number of carbonyl (C=O) groups is 2. The van der Waals surface area contributed by atoms with Gasteiger partial charge in [-0.1, -0.05) is 31.0 Å². The van der Waals surface area contributed by atoms with Crippen molar-refractivity contribution in [1.82, 2.24) is 14.7 Å². The number of hydrogen-bond acceptors (Lipinski definition) is 4. The smallest absolute Gasteiger partial charge is 0.239 e. The molecule has 2 aromatic rings. The number of nitrogens with one attached hydrogen (secondary N) is 2. The molecule has 1 saturated heterocycles. The van der Waals surface area contributed by atoms with Crippen LogP contribution in [0.2, 0.25) is 0 Å². The number of anilines is 2. The van der Waals surface area contributed by atoms with Crippen LogP contribution < -0.4 is 10.6 Å². The summed E-state index contributed by atoms with van der Waals surface area (Å²) in [6.45, 7) is 1.85. The Labute approximate surface area is 171 Å². The highest BCUT2D eigenvalue weighted by atomic mass is 16.2. The van der Waals surface area contributed by atoms with Crippen molar-refractivity contribution < 1.29 is 9.59 Å². The summed E-state index contributed by atoms with van der Waals surface area (Å²) < 4.78 is 1.96. The predicted octanol–water partition coefficient (Wildman–Crippen LogP) is 3.29. The van der Waals surface area contributed by atoms with Crippen molar-refractivity contribution in [3.63, 3.8) is 0 Å². The molecule has 29 heavy (non-hydrogen) atoms. The number of likely N-dealkylation sites (tertiary alicyclic amines) is 1. The zero-order valence-corrected chi connectivity index (χ0v) is 16.7. The van der Waals surface area contributed by atoms with Crippen molar-refractivity contribution >= 4 is 23.3 Å². The summed E-state index contributed by atoms with van der Waals surface area (Å²) in [4.78, 5) is 27.1. The van der Waals surface area contributed by atoms with Crippen LogP contribution in [0.5, 0.6) is 0 Å². The topological polar surface area (TPSA) is 79.3 Å². The van der Waals surface area contributed by atoms with Gasteiger partial charge in [0.1, 0.15) is 5.82 Å². The maximum absolute atomic E-state index is 12.5. The van der Waals surface area contributed by atoms with Gasteiger partial charge in [0, 0.05) is 17.7 Å². The van der Waals surface area contributed by atoms with Gasteiger partial charge >= 0.3 is 0 Å². The summed E-state index contributed by atoms with van der Waals surface area (Å²) in [6.07, 6.45) is 8.00. The van der Waals surface area contributed by atoms with E-state index in [0.717, 1.165) is 50.3 Å². The molecule has 2 amide bonds. The maximum atomic E-state index is 12.5. The number of para-hydroxylation sites is 1. The largest absolute Gasteiger partial charge is 0.326 e. The van der Waals surface area contributed by atoms with Crippen LogP contribution in [0.15, 0.2) is 42.6 Å². The lowest BCUT2D eigenvalue weighted by Gasteiger charge is -2.30. The number of rotatable bonds is 6. The fraction of sp³-hybridized carbons (Fsp3) is 0.500. The normalized spacial score (nSPS) is 18.6. The molecule has 0 atom stereocenters. The fourth-order valence-electron chi connectivity index (χ4n) is 4.36. The van der Waals surface area contributed by atoms with Crippen LogP contribution in [-0.2, 0) is 9.59 Å². The molecule has 4 rings (SSSR count). The number of hydrogen-bond donors (Lipinski definition) is 2. The molecule has 7 heteroatoms. The van der Waals surface area contributed by atoms with Gasteiger partial charge in [0.15, 0.2) is 0 Å². The lowest BCUT2D eigenvalue weighted by atomic mass is 9.96. The zero-order valence-electron chi connectivity index (χ0n) is 16.7. The molecule has 2 fully saturated rings. The second-order valence-corrected chi connectivity index (χ2v) is 8.05. The van der Waals surface area contributed by atoms with Crippen LogP contribution in [0.3, 0.4) is 0 Å². The Morgan fingerprint density at radius 3 is 2.41 bits per heavy atom. The Morgan fingerprint density at radius 1 is 0.966 bits per heavy atom. The van der Waals surface area contributed by atoms with E-state index in [0.29, 0.717) is 12.6 Å². The molecule has 7 nitrogen and oxygen atoms in total. The lowest BCUT2D eigenvalue weighted by Crippen LogP contribution is -2.42. The van der Waals surface area contributed by atoms with Crippen molar-refractivity contribution in [3.8, 4) is 0 Å². The van der Waals surface area contributed by atoms with Crippen molar-refractivity contribution in [2.45, 2.75) is 44.6 Å². The number of benzene rings is 1. The Kier molecular flexibility index (Phi) is 6.24. The molecule has 2 N–H and O–H groups in total. The van der Waals surface area contributed by atoms with E-state index >= 15 is 0 Å². The summed E-state index contributed by atoms with van der Waals surface area (Å²) in [6, 6.07) is 11.8. The van der Waals surface area contributed by atoms with E-state index in [1.807, 2.05) is 41.1 Å². The number of carbonyl (C=O) groups excluding carboxylic acids is 2. The van der Waals surface area contributed by atoms with Crippen LogP contribution in [0.4, 0.5) is 11.5 Å². The number of aromatic nitrogens is 2. The lowest BCUT2D eigenvalue weighted by molar-refractivity contribution is -0.121. The van der Waals surface area contributed by atoms with Crippen molar-refractivity contribution in [1.29, 1.82) is 0 Å². The minimum atomic E-state index is -0.0167. The highest BCUT2D eigenvalue weighted by Gasteiger charge is 2.26. The molecule has 2 heterocycles. The highest BCUT2D eigenvalue weighted by molar-refractivity contribution is 5.93. The molecular weight excluding hydrogens is 366 g/mol. The summed E-state index contributed by atoms with van der Waals surface area (Å²) >= 11 is 0.